The maximum atomic E-state index is 11.6. The summed E-state index contributed by atoms with van der Waals surface area (Å²) in [6, 6.07) is 11.8. The lowest BCUT2D eigenvalue weighted by atomic mass is 9.94. The Kier molecular flexibility index (Phi) is 3.20. The third kappa shape index (κ3) is 2.26. The Morgan fingerprint density at radius 1 is 0.842 bits per heavy atom. The van der Waals surface area contributed by atoms with Gasteiger partial charge in [0, 0.05) is 0 Å². The zero-order chi connectivity index (χ0) is 14.0. The van der Waals surface area contributed by atoms with Gasteiger partial charge in [-0.25, -0.2) is 0 Å². The predicted molar refractivity (Wildman–Crippen MR) is 70.6 cm³/mol. The number of benzene rings is 2. The molecule has 0 fully saturated rings. The number of rotatable bonds is 3. The summed E-state index contributed by atoms with van der Waals surface area (Å²) < 4.78 is 0. The molecule has 96 valence electrons. The summed E-state index contributed by atoms with van der Waals surface area (Å²) in [4.78, 5) is 23.0. The summed E-state index contributed by atoms with van der Waals surface area (Å²) in [5.74, 6) is -2.08. The number of nitrogens with two attached hydrogens (primary N) is 2. The largest absolute Gasteiger partial charge is 0.507 e. The molecule has 2 amide bonds. The molecule has 5 N–H and O–H groups in total. The van der Waals surface area contributed by atoms with Crippen LogP contribution in [-0.4, -0.2) is 16.9 Å². The van der Waals surface area contributed by atoms with E-state index in [4.69, 9.17) is 11.5 Å². The summed E-state index contributed by atoms with van der Waals surface area (Å²) in [5, 5.41) is 9.67. The molecule has 0 heterocycles. The molecule has 0 aliphatic carbocycles. The summed E-state index contributed by atoms with van der Waals surface area (Å²) in [5.41, 5.74) is 11.3. The van der Waals surface area contributed by atoms with Crippen LogP contribution >= 0.6 is 0 Å². The zero-order valence-electron chi connectivity index (χ0n) is 9.96. The van der Waals surface area contributed by atoms with Gasteiger partial charge >= 0.3 is 0 Å². The van der Waals surface area contributed by atoms with Gasteiger partial charge in [0.05, 0.1) is 11.1 Å². The number of primary amides is 2. The van der Waals surface area contributed by atoms with Crippen molar-refractivity contribution in [3.63, 3.8) is 0 Å². The van der Waals surface area contributed by atoms with Gasteiger partial charge < -0.3 is 16.6 Å². The molecule has 5 nitrogen and oxygen atoms in total. The Labute approximate surface area is 109 Å². The van der Waals surface area contributed by atoms with E-state index in [0.717, 1.165) is 0 Å². The van der Waals surface area contributed by atoms with Crippen molar-refractivity contribution in [2.45, 2.75) is 0 Å². The lowest BCUT2D eigenvalue weighted by Crippen LogP contribution is -2.21. The van der Waals surface area contributed by atoms with Crippen molar-refractivity contribution in [3.8, 4) is 16.9 Å². The zero-order valence-corrected chi connectivity index (χ0v) is 9.96. The van der Waals surface area contributed by atoms with E-state index in [1.54, 1.807) is 24.3 Å². The SMILES string of the molecule is NC(=O)c1c(O)ccc(-c2ccccc2)c1C(N)=O. The first-order valence-corrected chi connectivity index (χ1v) is 5.53. The van der Waals surface area contributed by atoms with E-state index in [1.165, 1.54) is 12.1 Å². The van der Waals surface area contributed by atoms with Gasteiger partial charge in [0.2, 0.25) is 5.91 Å². The van der Waals surface area contributed by atoms with Crippen LogP contribution in [-0.2, 0) is 0 Å². The smallest absolute Gasteiger partial charge is 0.253 e. The molecule has 5 heteroatoms. The highest BCUT2D eigenvalue weighted by Gasteiger charge is 2.22. The molecular formula is C14H12N2O3. The topological polar surface area (TPSA) is 106 Å². The molecular weight excluding hydrogens is 244 g/mol. The van der Waals surface area contributed by atoms with E-state index in [9.17, 15) is 14.7 Å². The van der Waals surface area contributed by atoms with Gasteiger partial charge in [0.25, 0.3) is 5.91 Å². The third-order valence-electron chi connectivity index (χ3n) is 2.76. The quantitative estimate of drug-likeness (QED) is 0.769. The Balaban J connectivity index is 2.80. The van der Waals surface area contributed by atoms with E-state index >= 15 is 0 Å². The highest BCUT2D eigenvalue weighted by atomic mass is 16.3. The minimum atomic E-state index is -0.899. The predicted octanol–water partition coefficient (Wildman–Crippen LogP) is 1.26. The molecule has 0 unspecified atom stereocenters. The van der Waals surface area contributed by atoms with Crippen molar-refractivity contribution in [1.82, 2.24) is 0 Å². The summed E-state index contributed by atoms with van der Waals surface area (Å²) in [6.07, 6.45) is 0. The highest BCUT2D eigenvalue weighted by Crippen LogP contribution is 2.31. The molecule has 0 aliphatic rings. The van der Waals surface area contributed by atoms with Crippen LogP contribution in [0.4, 0.5) is 0 Å². The van der Waals surface area contributed by atoms with Gasteiger partial charge in [-0.15, -0.1) is 0 Å². The Bertz CT molecular complexity index is 651. The van der Waals surface area contributed by atoms with E-state index in [0.29, 0.717) is 11.1 Å². The number of carbonyl (C=O) groups excluding carboxylic acids is 2. The normalized spacial score (nSPS) is 10.1. The molecule has 0 spiro atoms. The van der Waals surface area contributed by atoms with Crippen molar-refractivity contribution in [1.29, 1.82) is 0 Å². The number of hydrogen-bond acceptors (Lipinski definition) is 3. The van der Waals surface area contributed by atoms with Gasteiger partial charge in [-0.05, 0) is 23.3 Å². The first-order valence-electron chi connectivity index (χ1n) is 5.53. The highest BCUT2D eigenvalue weighted by molar-refractivity contribution is 6.11. The Morgan fingerprint density at radius 3 is 1.95 bits per heavy atom. The second-order valence-electron chi connectivity index (χ2n) is 3.98. The molecule has 0 aliphatic heterocycles. The van der Waals surface area contributed by atoms with Gasteiger partial charge in [0.1, 0.15) is 5.75 Å². The summed E-state index contributed by atoms with van der Waals surface area (Å²) in [6.45, 7) is 0. The average molecular weight is 256 g/mol. The van der Waals surface area contributed by atoms with Crippen LogP contribution in [0.15, 0.2) is 42.5 Å². The van der Waals surface area contributed by atoms with E-state index in [2.05, 4.69) is 0 Å². The number of hydrogen-bond donors (Lipinski definition) is 3. The fraction of sp³-hybridized carbons (Fsp3) is 0. The molecule has 2 aromatic carbocycles. The van der Waals surface area contributed by atoms with Crippen LogP contribution in [0.1, 0.15) is 20.7 Å². The average Bonchev–Trinajstić information content (AvgIpc) is 2.38. The van der Waals surface area contributed by atoms with Crippen LogP contribution in [0.3, 0.4) is 0 Å². The number of phenols is 1. The van der Waals surface area contributed by atoms with Gasteiger partial charge in [0.15, 0.2) is 0 Å². The Hall–Kier alpha value is -2.82. The van der Waals surface area contributed by atoms with Crippen molar-refractivity contribution in [2.75, 3.05) is 0 Å². The monoisotopic (exact) mass is 256 g/mol. The number of aromatic hydroxyl groups is 1. The van der Waals surface area contributed by atoms with Gasteiger partial charge in [-0.2, -0.15) is 0 Å². The van der Waals surface area contributed by atoms with Gasteiger partial charge in [-0.1, -0.05) is 30.3 Å². The van der Waals surface area contributed by atoms with Crippen molar-refractivity contribution < 1.29 is 14.7 Å². The minimum absolute atomic E-state index is 0.0706. The van der Waals surface area contributed by atoms with Crippen molar-refractivity contribution in [3.05, 3.63) is 53.6 Å². The van der Waals surface area contributed by atoms with Crippen molar-refractivity contribution in [2.24, 2.45) is 11.5 Å². The number of amides is 2. The molecule has 0 atom stereocenters. The van der Waals surface area contributed by atoms with Crippen molar-refractivity contribution >= 4 is 11.8 Å². The van der Waals surface area contributed by atoms with Gasteiger partial charge in [-0.3, -0.25) is 9.59 Å². The lowest BCUT2D eigenvalue weighted by Gasteiger charge is -2.12. The molecule has 0 bridgehead atoms. The van der Waals surface area contributed by atoms with Crippen LogP contribution in [0, 0.1) is 0 Å². The molecule has 19 heavy (non-hydrogen) atoms. The van der Waals surface area contributed by atoms with Crippen LogP contribution < -0.4 is 11.5 Å². The van der Waals surface area contributed by atoms with Crippen LogP contribution in [0.2, 0.25) is 0 Å². The maximum Gasteiger partial charge on any atom is 0.253 e. The minimum Gasteiger partial charge on any atom is -0.507 e. The molecule has 2 rings (SSSR count). The fourth-order valence-electron chi connectivity index (χ4n) is 1.96. The molecule has 0 saturated carbocycles. The van der Waals surface area contributed by atoms with Crippen LogP contribution in [0.25, 0.3) is 11.1 Å². The number of carbonyl (C=O) groups is 2. The summed E-state index contributed by atoms with van der Waals surface area (Å²) >= 11 is 0. The van der Waals surface area contributed by atoms with E-state index in [1.807, 2.05) is 6.07 Å². The first-order chi connectivity index (χ1) is 9.02. The molecule has 2 aromatic rings. The summed E-state index contributed by atoms with van der Waals surface area (Å²) in [7, 11) is 0. The lowest BCUT2D eigenvalue weighted by molar-refractivity contribution is 0.0965. The maximum absolute atomic E-state index is 11.6. The third-order valence-corrected chi connectivity index (χ3v) is 2.76. The Morgan fingerprint density at radius 2 is 1.42 bits per heavy atom. The second kappa shape index (κ2) is 4.81. The van der Waals surface area contributed by atoms with E-state index in [-0.39, 0.29) is 16.9 Å². The van der Waals surface area contributed by atoms with E-state index < -0.39 is 11.8 Å². The standard InChI is InChI=1S/C14H12N2O3/c15-13(18)11-9(8-4-2-1-3-5-8)6-7-10(17)12(11)14(16)19/h1-7,17H,(H2,15,18)(H2,16,19). The second-order valence-corrected chi connectivity index (χ2v) is 3.98. The molecule has 0 radical (unpaired) electrons. The molecule has 0 saturated heterocycles. The fourth-order valence-corrected chi connectivity index (χ4v) is 1.96. The molecule has 0 aromatic heterocycles. The van der Waals surface area contributed by atoms with Crippen LogP contribution in [0.5, 0.6) is 5.75 Å². The first kappa shape index (κ1) is 12.6.